The number of aryl methyl sites for hydroxylation is 1. The van der Waals surface area contributed by atoms with Crippen molar-refractivity contribution >= 4 is 11.8 Å². The summed E-state index contributed by atoms with van der Waals surface area (Å²) in [5.41, 5.74) is 0.889. The number of carbonyl (C=O) groups excluding carboxylic acids is 1. The third kappa shape index (κ3) is 1.71. The molecule has 0 aliphatic carbocycles. The molecule has 0 amide bonds. The second-order valence-corrected chi connectivity index (χ2v) is 2.87. The van der Waals surface area contributed by atoms with E-state index in [4.69, 9.17) is 5.11 Å². The van der Waals surface area contributed by atoms with Gasteiger partial charge >= 0.3 is 5.97 Å². The summed E-state index contributed by atoms with van der Waals surface area (Å²) in [6, 6.07) is 4.72. The maximum atomic E-state index is 11.4. The van der Waals surface area contributed by atoms with Crippen LogP contribution in [-0.4, -0.2) is 16.9 Å². The lowest BCUT2D eigenvalue weighted by Gasteiger charge is -2.05. The molecule has 0 heterocycles. The van der Waals surface area contributed by atoms with Crippen LogP contribution in [0.15, 0.2) is 30.9 Å². The Bertz CT molecular complexity index is 405. The topological polar surface area (TPSA) is 54.4 Å². The van der Waals surface area contributed by atoms with Crippen LogP contribution in [0.3, 0.4) is 0 Å². The van der Waals surface area contributed by atoms with Gasteiger partial charge in [0.1, 0.15) is 0 Å². The molecule has 0 saturated carbocycles. The number of hydrogen-bond donors (Lipinski definition) is 1. The lowest BCUT2D eigenvalue weighted by molar-refractivity contribution is 0.0692. The Balaban J connectivity index is 3.44. The molecule has 0 bridgehead atoms. The van der Waals surface area contributed by atoms with E-state index in [0.717, 1.165) is 6.08 Å². The van der Waals surface area contributed by atoms with Crippen molar-refractivity contribution in [2.24, 2.45) is 0 Å². The van der Waals surface area contributed by atoms with Crippen molar-refractivity contribution in [3.8, 4) is 0 Å². The van der Waals surface area contributed by atoms with Gasteiger partial charge in [-0.15, -0.1) is 0 Å². The van der Waals surface area contributed by atoms with Gasteiger partial charge in [0.2, 0.25) is 0 Å². The van der Waals surface area contributed by atoms with Crippen molar-refractivity contribution < 1.29 is 14.7 Å². The van der Waals surface area contributed by atoms with Crippen LogP contribution in [0.5, 0.6) is 0 Å². The Labute approximate surface area is 81.7 Å². The van der Waals surface area contributed by atoms with Crippen LogP contribution >= 0.6 is 0 Å². The van der Waals surface area contributed by atoms with Crippen LogP contribution in [0.4, 0.5) is 0 Å². The maximum Gasteiger partial charge on any atom is 0.336 e. The van der Waals surface area contributed by atoms with Crippen LogP contribution in [0.2, 0.25) is 0 Å². The summed E-state index contributed by atoms with van der Waals surface area (Å²) in [7, 11) is 0. The first-order valence-corrected chi connectivity index (χ1v) is 4.07. The van der Waals surface area contributed by atoms with Gasteiger partial charge in [0, 0.05) is 5.56 Å². The second kappa shape index (κ2) is 3.87. The standard InChI is InChI=1S/C11H10O3/c1-3-9(12)10-7(2)5-4-6-8(10)11(13)14/h3-6H,1H2,2H3,(H,13,14). The third-order valence-corrected chi connectivity index (χ3v) is 1.93. The zero-order valence-electron chi connectivity index (χ0n) is 7.78. The Morgan fingerprint density at radius 2 is 2.07 bits per heavy atom. The zero-order valence-corrected chi connectivity index (χ0v) is 7.78. The van der Waals surface area contributed by atoms with E-state index in [0.29, 0.717) is 5.56 Å². The molecule has 0 unspecified atom stereocenters. The van der Waals surface area contributed by atoms with Gasteiger partial charge in [-0.2, -0.15) is 0 Å². The van der Waals surface area contributed by atoms with Crippen molar-refractivity contribution in [3.05, 3.63) is 47.5 Å². The summed E-state index contributed by atoms with van der Waals surface area (Å²) < 4.78 is 0. The summed E-state index contributed by atoms with van der Waals surface area (Å²) in [5.74, 6) is -1.46. The molecule has 0 aliphatic heterocycles. The molecular weight excluding hydrogens is 180 g/mol. The average Bonchev–Trinajstić information content (AvgIpc) is 2.16. The van der Waals surface area contributed by atoms with Gasteiger partial charge < -0.3 is 5.11 Å². The monoisotopic (exact) mass is 190 g/mol. The molecule has 0 fully saturated rings. The van der Waals surface area contributed by atoms with Gasteiger partial charge in [-0.05, 0) is 24.6 Å². The van der Waals surface area contributed by atoms with E-state index in [1.54, 1.807) is 19.1 Å². The summed E-state index contributed by atoms with van der Waals surface area (Å²) in [6.45, 7) is 5.03. The van der Waals surface area contributed by atoms with E-state index in [-0.39, 0.29) is 16.9 Å². The number of carboxylic acid groups (broad SMARTS) is 1. The average molecular weight is 190 g/mol. The van der Waals surface area contributed by atoms with Gasteiger partial charge in [0.05, 0.1) is 5.56 Å². The van der Waals surface area contributed by atoms with Gasteiger partial charge in [0.15, 0.2) is 5.78 Å². The highest BCUT2D eigenvalue weighted by molar-refractivity contribution is 6.11. The summed E-state index contributed by atoms with van der Waals surface area (Å²) in [5, 5.41) is 8.85. The molecule has 3 heteroatoms. The van der Waals surface area contributed by atoms with Gasteiger partial charge in [-0.25, -0.2) is 4.79 Å². The molecule has 1 rings (SSSR count). The Morgan fingerprint density at radius 3 is 2.57 bits per heavy atom. The first-order valence-electron chi connectivity index (χ1n) is 4.07. The highest BCUT2D eigenvalue weighted by atomic mass is 16.4. The molecular formula is C11H10O3. The molecule has 0 aliphatic rings. The molecule has 14 heavy (non-hydrogen) atoms. The normalized spacial score (nSPS) is 9.50. The van der Waals surface area contributed by atoms with E-state index < -0.39 is 5.97 Å². The van der Waals surface area contributed by atoms with Crippen molar-refractivity contribution in [2.45, 2.75) is 6.92 Å². The molecule has 0 aromatic heterocycles. The van der Waals surface area contributed by atoms with E-state index in [9.17, 15) is 9.59 Å². The molecule has 0 saturated heterocycles. The number of rotatable bonds is 3. The SMILES string of the molecule is C=CC(=O)c1c(C)cccc1C(=O)O. The minimum Gasteiger partial charge on any atom is -0.478 e. The van der Waals surface area contributed by atoms with Crippen LogP contribution in [0.1, 0.15) is 26.3 Å². The Kier molecular flexibility index (Phi) is 2.82. The number of ketones is 1. The molecule has 1 aromatic carbocycles. The second-order valence-electron chi connectivity index (χ2n) is 2.87. The summed E-state index contributed by atoms with van der Waals surface area (Å²) >= 11 is 0. The van der Waals surface area contributed by atoms with E-state index in [1.165, 1.54) is 6.07 Å². The molecule has 0 radical (unpaired) electrons. The molecule has 1 aromatic rings. The van der Waals surface area contributed by atoms with Crippen molar-refractivity contribution in [1.82, 2.24) is 0 Å². The summed E-state index contributed by atoms with van der Waals surface area (Å²) in [4.78, 5) is 22.2. The molecule has 1 N–H and O–H groups in total. The van der Waals surface area contributed by atoms with Crippen LogP contribution in [-0.2, 0) is 0 Å². The molecule has 0 spiro atoms. The largest absolute Gasteiger partial charge is 0.478 e. The minimum absolute atomic E-state index is 0.0231. The molecule has 72 valence electrons. The minimum atomic E-state index is -1.10. The number of carbonyl (C=O) groups is 2. The fourth-order valence-corrected chi connectivity index (χ4v) is 1.28. The van der Waals surface area contributed by atoms with Crippen LogP contribution < -0.4 is 0 Å². The molecule has 0 atom stereocenters. The highest BCUT2D eigenvalue weighted by Gasteiger charge is 2.15. The quantitative estimate of drug-likeness (QED) is 0.586. The van der Waals surface area contributed by atoms with Crippen LogP contribution in [0.25, 0.3) is 0 Å². The van der Waals surface area contributed by atoms with Gasteiger partial charge in [-0.1, -0.05) is 18.7 Å². The van der Waals surface area contributed by atoms with E-state index in [1.807, 2.05) is 0 Å². The van der Waals surface area contributed by atoms with Gasteiger partial charge in [0.25, 0.3) is 0 Å². The van der Waals surface area contributed by atoms with Gasteiger partial charge in [-0.3, -0.25) is 4.79 Å². The Morgan fingerprint density at radius 1 is 1.43 bits per heavy atom. The number of carboxylic acids is 1. The number of hydrogen-bond acceptors (Lipinski definition) is 2. The van der Waals surface area contributed by atoms with Crippen LogP contribution in [0, 0.1) is 6.92 Å². The Hall–Kier alpha value is -1.90. The van der Waals surface area contributed by atoms with E-state index in [2.05, 4.69) is 6.58 Å². The summed E-state index contributed by atoms with van der Waals surface area (Å²) in [6.07, 6.45) is 1.12. The third-order valence-electron chi connectivity index (χ3n) is 1.93. The first kappa shape index (κ1) is 10.2. The fourth-order valence-electron chi connectivity index (χ4n) is 1.28. The van der Waals surface area contributed by atoms with Crippen molar-refractivity contribution in [3.63, 3.8) is 0 Å². The lowest BCUT2D eigenvalue weighted by Crippen LogP contribution is -2.08. The predicted octanol–water partition coefficient (Wildman–Crippen LogP) is 2.06. The van der Waals surface area contributed by atoms with Crippen molar-refractivity contribution in [1.29, 1.82) is 0 Å². The number of benzene rings is 1. The number of allylic oxidation sites excluding steroid dienone is 1. The maximum absolute atomic E-state index is 11.4. The number of aromatic carboxylic acids is 1. The van der Waals surface area contributed by atoms with E-state index >= 15 is 0 Å². The highest BCUT2D eigenvalue weighted by Crippen LogP contribution is 2.15. The smallest absolute Gasteiger partial charge is 0.336 e. The predicted molar refractivity (Wildman–Crippen MR) is 52.7 cm³/mol. The molecule has 3 nitrogen and oxygen atoms in total. The fraction of sp³-hybridized carbons (Fsp3) is 0.0909. The lowest BCUT2D eigenvalue weighted by atomic mass is 9.98. The van der Waals surface area contributed by atoms with Crippen molar-refractivity contribution in [2.75, 3.05) is 0 Å². The zero-order chi connectivity index (χ0) is 10.7. The first-order chi connectivity index (χ1) is 6.57.